The molecule has 0 aliphatic rings. The molecule has 4 nitrogen and oxygen atoms in total. The maximum absolute atomic E-state index is 5.98. The highest BCUT2D eigenvalue weighted by Crippen LogP contribution is 2.24. The first kappa shape index (κ1) is 9.71. The van der Waals surface area contributed by atoms with Crippen LogP contribution in [0.3, 0.4) is 0 Å². The minimum Gasteiger partial charge on any atom is -0.397 e. The van der Waals surface area contributed by atoms with Gasteiger partial charge in [-0.2, -0.15) is 0 Å². The van der Waals surface area contributed by atoms with Crippen molar-refractivity contribution in [1.29, 1.82) is 0 Å². The molecule has 0 radical (unpaired) electrons. The third-order valence-electron chi connectivity index (χ3n) is 2.48. The molecule has 2 N–H and O–H groups in total. The van der Waals surface area contributed by atoms with Crippen molar-refractivity contribution in [3.8, 4) is 11.5 Å². The van der Waals surface area contributed by atoms with Crippen molar-refractivity contribution < 1.29 is 0 Å². The molecule has 2 heterocycles. The van der Waals surface area contributed by atoms with Gasteiger partial charge < -0.3 is 10.3 Å². The molecule has 0 aromatic carbocycles. The zero-order valence-electron chi connectivity index (χ0n) is 8.94. The van der Waals surface area contributed by atoms with E-state index >= 15 is 0 Å². The predicted octanol–water partition coefficient (Wildman–Crippen LogP) is 1.86. The normalized spacial score (nSPS) is 10.5. The van der Waals surface area contributed by atoms with Crippen molar-refractivity contribution in [2.75, 3.05) is 5.73 Å². The van der Waals surface area contributed by atoms with Gasteiger partial charge in [0.05, 0.1) is 5.69 Å². The second-order valence-corrected chi connectivity index (χ2v) is 3.43. The maximum atomic E-state index is 5.98. The Morgan fingerprint density at radius 1 is 1.33 bits per heavy atom. The highest BCUT2D eigenvalue weighted by atomic mass is 15.1. The van der Waals surface area contributed by atoms with Crippen LogP contribution in [0.2, 0.25) is 0 Å². The second-order valence-electron chi connectivity index (χ2n) is 3.43. The lowest BCUT2D eigenvalue weighted by molar-refractivity contribution is 0.768. The molecule has 0 aliphatic heterocycles. The molecule has 15 heavy (non-hydrogen) atoms. The van der Waals surface area contributed by atoms with Gasteiger partial charge in [0, 0.05) is 25.1 Å². The quantitative estimate of drug-likeness (QED) is 0.808. The summed E-state index contributed by atoms with van der Waals surface area (Å²) in [6.07, 6.45) is 5.46. The number of anilines is 1. The molecule has 2 aromatic heterocycles. The molecule has 0 amide bonds. The summed E-state index contributed by atoms with van der Waals surface area (Å²) < 4.78 is 2.03. The third-order valence-corrected chi connectivity index (χ3v) is 2.48. The largest absolute Gasteiger partial charge is 0.397 e. The number of rotatable bonds is 2. The average molecular weight is 202 g/mol. The summed E-state index contributed by atoms with van der Waals surface area (Å²) >= 11 is 0. The van der Waals surface area contributed by atoms with Crippen molar-refractivity contribution >= 4 is 5.69 Å². The predicted molar refractivity (Wildman–Crippen MR) is 60.3 cm³/mol. The molecule has 0 spiro atoms. The first-order chi connectivity index (χ1) is 7.24. The van der Waals surface area contributed by atoms with Crippen LogP contribution >= 0.6 is 0 Å². The van der Waals surface area contributed by atoms with Crippen LogP contribution in [0.5, 0.6) is 0 Å². The van der Waals surface area contributed by atoms with Crippen LogP contribution in [0.25, 0.3) is 11.5 Å². The van der Waals surface area contributed by atoms with E-state index in [2.05, 4.69) is 16.9 Å². The molecule has 0 bridgehead atoms. The van der Waals surface area contributed by atoms with Gasteiger partial charge in [-0.3, -0.25) is 4.98 Å². The van der Waals surface area contributed by atoms with Crippen LogP contribution in [-0.4, -0.2) is 14.5 Å². The van der Waals surface area contributed by atoms with E-state index in [9.17, 15) is 0 Å². The Labute approximate surface area is 88.8 Å². The van der Waals surface area contributed by atoms with Crippen LogP contribution in [0.1, 0.15) is 12.5 Å². The Hall–Kier alpha value is -1.84. The maximum Gasteiger partial charge on any atom is 0.160 e. The summed E-state index contributed by atoms with van der Waals surface area (Å²) in [5, 5.41) is 0. The highest BCUT2D eigenvalue weighted by molar-refractivity contribution is 5.70. The Kier molecular flexibility index (Phi) is 2.41. The van der Waals surface area contributed by atoms with Gasteiger partial charge in [0.25, 0.3) is 0 Å². The first-order valence-corrected chi connectivity index (χ1v) is 4.96. The summed E-state index contributed by atoms with van der Waals surface area (Å²) in [6, 6.07) is 1.90. The van der Waals surface area contributed by atoms with Crippen molar-refractivity contribution in [3.63, 3.8) is 0 Å². The number of hydrogen-bond donors (Lipinski definition) is 1. The summed E-state index contributed by atoms with van der Waals surface area (Å²) in [6.45, 7) is 4.90. The number of nitrogens with zero attached hydrogens (tertiary/aromatic N) is 3. The fourth-order valence-corrected chi connectivity index (χ4v) is 1.53. The highest BCUT2D eigenvalue weighted by Gasteiger charge is 2.10. The minimum atomic E-state index is 0.707. The van der Waals surface area contributed by atoms with Crippen molar-refractivity contribution in [2.24, 2.45) is 0 Å². The molecule has 0 fully saturated rings. The molecule has 0 atom stereocenters. The average Bonchev–Trinajstić information content (AvgIpc) is 2.70. The van der Waals surface area contributed by atoms with Crippen molar-refractivity contribution in [1.82, 2.24) is 14.5 Å². The monoisotopic (exact) mass is 202 g/mol. The fraction of sp³-hybridized carbons (Fsp3) is 0.273. The van der Waals surface area contributed by atoms with Crippen molar-refractivity contribution in [3.05, 3.63) is 30.2 Å². The fourth-order valence-electron chi connectivity index (χ4n) is 1.53. The Bertz CT molecular complexity index is 473. The molecular weight excluding hydrogens is 188 g/mol. The number of pyridine rings is 1. The van der Waals surface area contributed by atoms with E-state index in [1.807, 2.05) is 23.8 Å². The standard InChI is InChI=1S/C11H14N4/c1-3-15-7-6-14-11(15)10-9(12)8(2)4-5-13-10/h4-7H,3,12H2,1-2H3. The van der Waals surface area contributed by atoms with E-state index in [-0.39, 0.29) is 0 Å². The second kappa shape index (κ2) is 3.73. The van der Waals surface area contributed by atoms with Gasteiger partial charge in [0.15, 0.2) is 5.82 Å². The molecular formula is C11H14N4. The van der Waals surface area contributed by atoms with E-state index < -0.39 is 0 Å². The zero-order chi connectivity index (χ0) is 10.8. The number of nitrogen functional groups attached to an aromatic ring is 1. The molecule has 0 saturated heterocycles. The summed E-state index contributed by atoms with van der Waals surface area (Å²) in [7, 11) is 0. The number of aryl methyl sites for hydroxylation is 2. The molecule has 0 saturated carbocycles. The Morgan fingerprint density at radius 3 is 2.87 bits per heavy atom. The van der Waals surface area contributed by atoms with Gasteiger partial charge in [0.2, 0.25) is 0 Å². The van der Waals surface area contributed by atoms with Crippen LogP contribution in [0.15, 0.2) is 24.7 Å². The first-order valence-electron chi connectivity index (χ1n) is 4.96. The molecule has 0 aliphatic carbocycles. The van der Waals surface area contributed by atoms with Gasteiger partial charge in [-0.05, 0) is 25.5 Å². The number of imidazole rings is 1. The lowest BCUT2D eigenvalue weighted by Crippen LogP contribution is -2.02. The van der Waals surface area contributed by atoms with Gasteiger partial charge in [0.1, 0.15) is 5.69 Å². The Balaban J connectivity index is 2.59. The van der Waals surface area contributed by atoms with E-state index in [0.717, 1.165) is 23.6 Å². The van der Waals surface area contributed by atoms with E-state index in [0.29, 0.717) is 5.69 Å². The lowest BCUT2D eigenvalue weighted by Gasteiger charge is -2.08. The van der Waals surface area contributed by atoms with E-state index in [4.69, 9.17) is 5.73 Å². The molecule has 0 unspecified atom stereocenters. The van der Waals surface area contributed by atoms with Crippen LogP contribution in [-0.2, 0) is 6.54 Å². The van der Waals surface area contributed by atoms with Gasteiger partial charge in [-0.1, -0.05) is 0 Å². The topological polar surface area (TPSA) is 56.7 Å². The summed E-state index contributed by atoms with van der Waals surface area (Å²) in [5.74, 6) is 0.832. The van der Waals surface area contributed by atoms with Gasteiger partial charge in [-0.25, -0.2) is 4.98 Å². The van der Waals surface area contributed by atoms with Gasteiger partial charge in [-0.15, -0.1) is 0 Å². The van der Waals surface area contributed by atoms with E-state index in [1.165, 1.54) is 0 Å². The molecule has 2 aromatic rings. The number of aromatic nitrogens is 3. The van der Waals surface area contributed by atoms with E-state index in [1.54, 1.807) is 12.4 Å². The Morgan fingerprint density at radius 2 is 2.13 bits per heavy atom. The smallest absolute Gasteiger partial charge is 0.160 e. The number of hydrogen-bond acceptors (Lipinski definition) is 3. The van der Waals surface area contributed by atoms with Crippen LogP contribution in [0.4, 0.5) is 5.69 Å². The molecule has 78 valence electrons. The van der Waals surface area contributed by atoms with Gasteiger partial charge >= 0.3 is 0 Å². The summed E-state index contributed by atoms with van der Waals surface area (Å²) in [5.41, 5.74) is 8.49. The molecule has 4 heteroatoms. The molecule has 2 rings (SSSR count). The van der Waals surface area contributed by atoms with Crippen LogP contribution < -0.4 is 5.73 Å². The number of nitrogens with two attached hydrogens (primary N) is 1. The SMILES string of the molecule is CCn1ccnc1-c1nccc(C)c1N. The third kappa shape index (κ3) is 1.58. The zero-order valence-corrected chi connectivity index (χ0v) is 8.94. The van der Waals surface area contributed by atoms with Crippen molar-refractivity contribution in [2.45, 2.75) is 20.4 Å². The lowest BCUT2D eigenvalue weighted by atomic mass is 10.2. The summed E-state index contributed by atoms with van der Waals surface area (Å²) in [4.78, 5) is 8.56. The minimum absolute atomic E-state index is 0.707. The van der Waals surface area contributed by atoms with Crippen LogP contribution in [0, 0.1) is 6.92 Å².